The van der Waals surface area contributed by atoms with Crippen LogP contribution in [0.15, 0.2) is 48.5 Å². The maximum absolute atomic E-state index is 14.1. The standard InChI is InChI=1S/C40H54N6O8/c1-24(2)17-30-23-54-32-14-9-27(10-15-32)18-33(44-36(48)20-29-11-16-35(47)42-29)39(51)45-34(19-26-7-12-31(53-4)13-8-26)38(50)41-25(3)40(52)46(21-28-5-6-28)22-37(49)43-30/h7-10,12-15,24-25,28-30,33-34H,5-6,11,16-23H2,1-4H3,(H,41,50)(H,42,47)(H,43,49)(H,44,48)(H,45,51)/t25-,29+,30+,33+,34+/m1/s1. The first-order valence-electron chi connectivity index (χ1n) is 19.0. The van der Waals surface area contributed by atoms with E-state index >= 15 is 0 Å². The molecule has 1 saturated heterocycles. The van der Waals surface area contributed by atoms with Crippen LogP contribution in [0.5, 0.6) is 11.5 Å². The minimum atomic E-state index is -1.13. The van der Waals surface area contributed by atoms with E-state index in [1.54, 1.807) is 62.6 Å². The summed E-state index contributed by atoms with van der Waals surface area (Å²) in [5.74, 6) is -0.710. The second-order valence-electron chi connectivity index (χ2n) is 15.2. The number of fused-ring (bicyclic) bond motifs is 17. The van der Waals surface area contributed by atoms with Crippen LogP contribution in [0.4, 0.5) is 0 Å². The lowest BCUT2D eigenvalue weighted by Crippen LogP contribution is -2.58. The molecule has 54 heavy (non-hydrogen) atoms. The second kappa shape index (κ2) is 18.8. The topological polar surface area (TPSA) is 184 Å². The molecular formula is C40H54N6O8. The number of carbonyl (C=O) groups is 6. The van der Waals surface area contributed by atoms with E-state index in [1.807, 2.05) is 0 Å². The van der Waals surface area contributed by atoms with Gasteiger partial charge in [0.15, 0.2) is 0 Å². The van der Waals surface area contributed by atoms with Gasteiger partial charge in [-0.25, -0.2) is 0 Å². The fourth-order valence-corrected chi connectivity index (χ4v) is 6.83. The molecule has 6 rings (SSSR count). The molecule has 4 aliphatic rings. The molecule has 0 unspecified atom stereocenters. The highest BCUT2D eigenvalue weighted by Crippen LogP contribution is 2.30. The SMILES string of the molecule is COc1ccc(C[C@@H]2NC(=O)[C@@H](NC(=O)C[C@@H]3CCC(=O)N3)Cc3ccc(cc3)OC[C@H](CC(C)C)NC(=O)CN(CC3CC3)C(=O)[C@@H](C)NC2=O)cc1. The highest BCUT2D eigenvalue weighted by molar-refractivity contribution is 5.95. The summed E-state index contributed by atoms with van der Waals surface area (Å²) in [6.45, 7) is 6.12. The van der Waals surface area contributed by atoms with Crippen molar-refractivity contribution in [2.45, 2.75) is 102 Å². The fraction of sp³-hybridized carbons (Fsp3) is 0.550. The Morgan fingerprint density at radius 1 is 0.889 bits per heavy atom. The van der Waals surface area contributed by atoms with Gasteiger partial charge in [-0.1, -0.05) is 38.1 Å². The lowest BCUT2D eigenvalue weighted by Gasteiger charge is -2.29. The van der Waals surface area contributed by atoms with Gasteiger partial charge in [0.25, 0.3) is 0 Å². The largest absolute Gasteiger partial charge is 0.497 e. The molecule has 0 radical (unpaired) electrons. The number of amides is 6. The van der Waals surface area contributed by atoms with Crippen molar-refractivity contribution in [2.75, 3.05) is 26.8 Å². The van der Waals surface area contributed by atoms with Gasteiger partial charge in [-0.3, -0.25) is 28.8 Å². The Morgan fingerprint density at radius 3 is 2.22 bits per heavy atom. The molecule has 0 spiro atoms. The molecule has 5 atom stereocenters. The van der Waals surface area contributed by atoms with Gasteiger partial charge in [0.05, 0.1) is 19.7 Å². The van der Waals surface area contributed by atoms with E-state index < -0.39 is 41.8 Å². The minimum Gasteiger partial charge on any atom is -0.497 e. The summed E-state index contributed by atoms with van der Waals surface area (Å²) < 4.78 is 11.4. The van der Waals surface area contributed by atoms with Gasteiger partial charge < -0.3 is 41.0 Å². The molecule has 6 amide bonds. The number of nitrogens with one attached hydrogen (secondary N) is 5. The summed E-state index contributed by atoms with van der Waals surface area (Å²) in [5, 5.41) is 14.3. The van der Waals surface area contributed by atoms with Gasteiger partial charge in [-0.05, 0) is 79.8 Å². The summed E-state index contributed by atoms with van der Waals surface area (Å²) >= 11 is 0. The quantitative estimate of drug-likeness (QED) is 0.228. The Balaban J connectivity index is 1.44. The Labute approximate surface area is 316 Å². The molecule has 3 aliphatic heterocycles. The van der Waals surface area contributed by atoms with Crippen LogP contribution in [0.3, 0.4) is 0 Å². The van der Waals surface area contributed by atoms with Crippen LogP contribution in [0, 0.1) is 11.8 Å². The van der Waals surface area contributed by atoms with Gasteiger partial charge in [0.2, 0.25) is 35.4 Å². The highest BCUT2D eigenvalue weighted by Gasteiger charge is 2.34. The third-order valence-corrected chi connectivity index (χ3v) is 9.89. The molecule has 14 heteroatoms. The normalized spacial score (nSPS) is 24.6. The zero-order valence-electron chi connectivity index (χ0n) is 31.7. The monoisotopic (exact) mass is 746 g/mol. The van der Waals surface area contributed by atoms with E-state index in [2.05, 4.69) is 40.4 Å². The van der Waals surface area contributed by atoms with Gasteiger partial charge in [0, 0.05) is 38.3 Å². The van der Waals surface area contributed by atoms with Gasteiger partial charge in [0.1, 0.15) is 36.2 Å². The van der Waals surface area contributed by atoms with E-state index in [4.69, 9.17) is 9.47 Å². The van der Waals surface area contributed by atoms with Gasteiger partial charge in [-0.15, -0.1) is 0 Å². The molecule has 5 N–H and O–H groups in total. The van der Waals surface area contributed by atoms with E-state index in [-0.39, 0.29) is 68.1 Å². The third-order valence-electron chi connectivity index (χ3n) is 9.89. The Hall–Kier alpha value is -5.14. The smallest absolute Gasteiger partial charge is 0.245 e. The van der Waals surface area contributed by atoms with Crippen molar-refractivity contribution in [3.05, 3.63) is 59.7 Å². The zero-order valence-corrected chi connectivity index (χ0v) is 31.7. The Bertz CT molecular complexity index is 1640. The molecule has 2 bridgehead atoms. The molecule has 3 heterocycles. The summed E-state index contributed by atoms with van der Waals surface area (Å²) in [6.07, 6.45) is 3.60. The van der Waals surface area contributed by atoms with Crippen LogP contribution in [-0.4, -0.2) is 97.4 Å². The highest BCUT2D eigenvalue weighted by atomic mass is 16.5. The number of methoxy groups -OCH3 is 1. The number of hydrogen-bond acceptors (Lipinski definition) is 8. The van der Waals surface area contributed by atoms with Crippen molar-refractivity contribution < 1.29 is 38.2 Å². The molecule has 0 aromatic heterocycles. The molecule has 14 nitrogen and oxygen atoms in total. The maximum atomic E-state index is 14.1. The maximum Gasteiger partial charge on any atom is 0.245 e. The van der Waals surface area contributed by atoms with Crippen LogP contribution in [-0.2, 0) is 41.6 Å². The molecule has 2 aromatic rings. The molecule has 2 aromatic carbocycles. The number of carbonyl (C=O) groups excluding carboxylic acids is 6. The first-order valence-corrected chi connectivity index (χ1v) is 19.0. The van der Waals surface area contributed by atoms with Crippen molar-refractivity contribution in [2.24, 2.45) is 11.8 Å². The molecule has 1 saturated carbocycles. The van der Waals surface area contributed by atoms with Crippen LogP contribution in [0.1, 0.15) is 70.4 Å². The van der Waals surface area contributed by atoms with Crippen LogP contribution < -0.4 is 36.1 Å². The van der Waals surface area contributed by atoms with Crippen molar-refractivity contribution in [3.63, 3.8) is 0 Å². The molecular weight excluding hydrogens is 692 g/mol. The van der Waals surface area contributed by atoms with E-state index in [0.29, 0.717) is 37.3 Å². The number of hydrogen-bond donors (Lipinski definition) is 5. The van der Waals surface area contributed by atoms with E-state index in [1.165, 1.54) is 4.90 Å². The van der Waals surface area contributed by atoms with Crippen molar-refractivity contribution in [1.29, 1.82) is 0 Å². The summed E-state index contributed by atoms with van der Waals surface area (Å²) in [6, 6.07) is 10.3. The van der Waals surface area contributed by atoms with Crippen LogP contribution in [0.2, 0.25) is 0 Å². The number of benzene rings is 2. The molecule has 2 fully saturated rings. The summed E-state index contributed by atoms with van der Waals surface area (Å²) in [7, 11) is 1.55. The average Bonchev–Trinajstić information content (AvgIpc) is 3.86. The van der Waals surface area contributed by atoms with E-state index in [9.17, 15) is 28.8 Å². The van der Waals surface area contributed by atoms with Crippen molar-refractivity contribution in [3.8, 4) is 11.5 Å². The van der Waals surface area contributed by atoms with Crippen LogP contribution >= 0.6 is 0 Å². The predicted molar refractivity (Wildman–Crippen MR) is 200 cm³/mol. The summed E-state index contributed by atoms with van der Waals surface area (Å²) in [5.41, 5.74) is 1.45. The average molecular weight is 747 g/mol. The van der Waals surface area contributed by atoms with Crippen molar-refractivity contribution >= 4 is 35.4 Å². The van der Waals surface area contributed by atoms with Crippen molar-refractivity contribution in [1.82, 2.24) is 31.5 Å². The van der Waals surface area contributed by atoms with Gasteiger partial charge in [-0.2, -0.15) is 0 Å². The first-order chi connectivity index (χ1) is 25.8. The number of nitrogens with zero attached hydrogens (tertiary/aromatic N) is 1. The molecule has 1 aliphatic carbocycles. The predicted octanol–water partition coefficient (Wildman–Crippen LogP) is 1.79. The zero-order chi connectivity index (χ0) is 38.8. The fourth-order valence-electron chi connectivity index (χ4n) is 6.83. The molecule has 292 valence electrons. The Morgan fingerprint density at radius 2 is 1.59 bits per heavy atom. The Kier molecular flexibility index (Phi) is 13.9. The lowest BCUT2D eigenvalue weighted by molar-refractivity contribution is -0.140. The first kappa shape index (κ1) is 40.1. The number of rotatable bonds is 10. The summed E-state index contributed by atoms with van der Waals surface area (Å²) in [4.78, 5) is 81.9. The van der Waals surface area contributed by atoms with E-state index in [0.717, 1.165) is 24.0 Å². The lowest BCUT2D eigenvalue weighted by atomic mass is 10.0. The van der Waals surface area contributed by atoms with Crippen LogP contribution in [0.25, 0.3) is 0 Å². The minimum absolute atomic E-state index is 0.00310. The van der Waals surface area contributed by atoms with Gasteiger partial charge >= 0.3 is 0 Å². The number of ether oxygens (including phenoxy) is 2. The second-order valence-corrected chi connectivity index (χ2v) is 15.2. The third kappa shape index (κ3) is 12.2.